The van der Waals surface area contributed by atoms with Gasteiger partial charge in [0.05, 0.1) is 25.2 Å². The Kier molecular flexibility index (Phi) is 28.2. The third-order valence-corrected chi connectivity index (χ3v) is 9.03. The van der Waals surface area contributed by atoms with E-state index in [1.54, 1.807) is 0 Å². The number of aliphatic hydroxyl groups excluding tert-OH is 1. The average molecular weight is 737 g/mol. The summed E-state index contributed by atoms with van der Waals surface area (Å²) in [6.07, 6.45) is 24.3. The highest BCUT2D eigenvalue weighted by atomic mass is 16.6. The fraction of sp³-hybridized carbons (Fsp3) is 0.780. The monoisotopic (exact) mass is 736 g/mol. The number of unbranched alkanes of at least 4 members (excludes halogenated alkanes) is 8. The first-order valence-corrected chi connectivity index (χ1v) is 19.9. The van der Waals surface area contributed by atoms with Crippen LogP contribution in [0.2, 0.25) is 0 Å². The SMILES string of the molecule is CCCCC/C=C\CCOC(=O)CCCCC(=O)OCC(CO)(COC(=O)CCCCC(=O)OCC/C=C\CCCCC)COC(=O)CC1CCC1. The van der Waals surface area contributed by atoms with Crippen molar-refractivity contribution >= 4 is 29.8 Å². The first-order chi connectivity index (χ1) is 25.2. The van der Waals surface area contributed by atoms with Gasteiger partial charge in [-0.3, -0.25) is 24.0 Å². The van der Waals surface area contributed by atoms with Crippen LogP contribution in [0.1, 0.15) is 155 Å². The summed E-state index contributed by atoms with van der Waals surface area (Å²) in [6.45, 7) is 3.52. The van der Waals surface area contributed by atoms with Gasteiger partial charge in [-0.25, -0.2) is 0 Å². The summed E-state index contributed by atoms with van der Waals surface area (Å²) in [5.41, 5.74) is -1.33. The number of ether oxygens (including phenoxy) is 5. The molecule has 1 aliphatic rings. The third kappa shape index (κ3) is 25.7. The molecular weight excluding hydrogens is 668 g/mol. The average Bonchev–Trinajstić information content (AvgIpc) is 3.12. The molecule has 1 fully saturated rings. The molecule has 11 nitrogen and oxygen atoms in total. The van der Waals surface area contributed by atoms with Crippen molar-refractivity contribution in [3.63, 3.8) is 0 Å². The van der Waals surface area contributed by atoms with E-state index in [1.807, 2.05) is 12.2 Å². The topological polar surface area (TPSA) is 152 Å². The van der Waals surface area contributed by atoms with Crippen molar-refractivity contribution in [3.8, 4) is 0 Å². The van der Waals surface area contributed by atoms with Crippen molar-refractivity contribution in [2.24, 2.45) is 11.3 Å². The van der Waals surface area contributed by atoms with E-state index in [-0.39, 0.29) is 69.8 Å². The molecule has 0 aromatic carbocycles. The van der Waals surface area contributed by atoms with Crippen molar-refractivity contribution in [2.75, 3.05) is 39.6 Å². The number of allylic oxidation sites excluding steroid dienone is 2. The van der Waals surface area contributed by atoms with E-state index >= 15 is 0 Å². The second kappa shape index (κ2) is 31.3. The Balaban J connectivity index is 2.42. The fourth-order valence-electron chi connectivity index (χ4n) is 5.30. The van der Waals surface area contributed by atoms with Crippen molar-refractivity contribution in [3.05, 3.63) is 24.3 Å². The maximum atomic E-state index is 12.5. The minimum Gasteiger partial charge on any atom is -0.465 e. The van der Waals surface area contributed by atoms with E-state index in [0.29, 0.717) is 51.7 Å². The predicted octanol–water partition coefficient (Wildman–Crippen LogP) is 8.05. The summed E-state index contributed by atoms with van der Waals surface area (Å²) in [5.74, 6) is -1.83. The normalized spacial score (nSPS) is 13.2. The molecule has 52 heavy (non-hydrogen) atoms. The highest BCUT2D eigenvalue weighted by molar-refractivity contribution is 5.72. The molecule has 0 heterocycles. The van der Waals surface area contributed by atoms with Crippen LogP contribution in [0.3, 0.4) is 0 Å². The highest BCUT2D eigenvalue weighted by Crippen LogP contribution is 2.30. The van der Waals surface area contributed by atoms with Crippen molar-refractivity contribution < 1.29 is 52.8 Å². The lowest BCUT2D eigenvalue weighted by Crippen LogP contribution is -2.42. The molecule has 0 radical (unpaired) electrons. The number of carbonyl (C=O) groups is 5. The van der Waals surface area contributed by atoms with Gasteiger partial charge < -0.3 is 28.8 Å². The zero-order valence-corrected chi connectivity index (χ0v) is 32.2. The largest absolute Gasteiger partial charge is 0.465 e. The van der Waals surface area contributed by atoms with Gasteiger partial charge in [0.2, 0.25) is 0 Å². The van der Waals surface area contributed by atoms with Crippen LogP contribution in [0.15, 0.2) is 24.3 Å². The molecule has 0 spiro atoms. The van der Waals surface area contributed by atoms with E-state index in [4.69, 9.17) is 23.7 Å². The zero-order chi connectivity index (χ0) is 38.1. The molecule has 0 bridgehead atoms. The number of hydrogen-bond acceptors (Lipinski definition) is 11. The number of aliphatic hydroxyl groups is 1. The Morgan fingerprint density at radius 1 is 0.538 bits per heavy atom. The van der Waals surface area contributed by atoms with Gasteiger partial charge in [0.1, 0.15) is 19.8 Å². The number of carbonyl (C=O) groups excluding carboxylic acids is 5. The second-order valence-electron chi connectivity index (χ2n) is 14.0. The van der Waals surface area contributed by atoms with Crippen LogP contribution in [0.25, 0.3) is 0 Å². The molecule has 1 N–H and O–H groups in total. The lowest BCUT2D eigenvalue weighted by atomic mass is 9.83. The first-order valence-electron chi connectivity index (χ1n) is 19.9. The zero-order valence-electron chi connectivity index (χ0n) is 32.2. The van der Waals surface area contributed by atoms with Crippen LogP contribution in [-0.4, -0.2) is 74.6 Å². The quantitative estimate of drug-likeness (QED) is 0.0302. The second-order valence-corrected chi connectivity index (χ2v) is 14.0. The van der Waals surface area contributed by atoms with Crippen LogP contribution < -0.4 is 0 Å². The van der Waals surface area contributed by atoms with Crippen LogP contribution in [0.4, 0.5) is 0 Å². The van der Waals surface area contributed by atoms with Gasteiger partial charge in [0, 0.05) is 32.1 Å². The number of rotatable bonds is 33. The smallest absolute Gasteiger partial charge is 0.306 e. The van der Waals surface area contributed by atoms with Crippen molar-refractivity contribution in [1.29, 1.82) is 0 Å². The number of hydrogen-bond donors (Lipinski definition) is 1. The Labute approximate surface area is 312 Å². The Bertz CT molecular complexity index is 985. The number of esters is 5. The summed E-state index contributed by atoms with van der Waals surface area (Å²) in [6, 6.07) is 0. The molecule has 1 aliphatic carbocycles. The van der Waals surface area contributed by atoms with Crippen LogP contribution in [0.5, 0.6) is 0 Å². The lowest BCUT2D eigenvalue weighted by molar-refractivity contribution is -0.166. The van der Waals surface area contributed by atoms with Gasteiger partial charge in [-0.1, -0.05) is 70.3 Å². The molecule has 0 aliphatic heterocycles. The summed E-state index contributed by atoms with van der Waals surface area (Å²) < 4.78 is 26.8. The molecule has 0 amide bonds. The van der Waals surface area contributed by atoms with Crippen LogP contribution in [0, 0.1) is 11.3 Å². The maximum Gasteiger partial charge on any atom is 0.306 e. The molecule has 1 rings (SSSR count). The van der Waals surface area contributed by atoms with Gasteiger partial charge in [-0.2, -0.15) is 0 Å². The molecule has 0 saturated heterocycles. The summed E-state index contributed by atoms with van der Waals surface area (Å²) in [4.78, 5) is 61.6. The molecule has 0 atom stereocenters. The Hall–Kier alpha value is -3.21. The van der Waals surface area contributed by atoms with E-state index in [1.165, 1.54) is 25.7 Å². The van der Waals surface area contributed by atoms with Crippen molar-refractivity contribution in [1.82, 2.24) is 0 Å². The van der Waals surface area contributed by atoms with Gasteiger partial charge in [-0.15, -0.1) is 0 Å². The molecular formula is C41H68O11. The Morgan fingerprint density at radius 3 is 1.29 bits per heavy atom. The summed E-state index contributed by atoms with van der Waals surface area (Å²) in [7, 11) is 0. The summed E-state index contributed by atoms with van der Waals surface area (Å²) >= 11 is 0. The van der Waals surface area contributed by atoms with E-state index in [2.05, 4.69) is 26.0 Å². The van der Waals surface area contributed by atoms with E-state index in [0.717, 1.165) is 44.9 Å². The summed E-state index contributed by atoms with van der Waals surface area (Å²) in [5, 5.41) is 10.3. The maximum absolute atomic E-state index is 12.5. The highest BCUT2D eigenvalue weighted by Gasteiger charge is 2.36. The minimum absolute atomic E-state index is 0.0503. The molecule has 1 saturated carbocycles. The molecule has 11 heteroatoms. The van der Waals surface area contributed by atoms with Crippen LogP contribution in [-0.2, 0) is 47.7 Å². The van der Waals surface area contributed by atoms with Crippen LogP contribution >= 0.6 is 0 Å². The minimum atomic E-state index is -1.33. The molecule has 298 valence electrons. The molecule has 0 aromatic rings. The predicted molar refractivity (Wildman–Crippen MR) is 199 cm³/mol. The van der Waals surface area contributed by atoms with E-state index in [9.17, 15) is 29.1 Å². The lowest BCUT2D eigenvalue weighted by Gasteiger charge is -2.31. The standard InChI is InChI=1S/C41H68O11/c1-3-5-7-9-11-13-19-28-48-36(43)24-15-17-26-38(45)50-32-41(31-42,34-52-40(47)30-35-22-21-23-35)33-51-39(46)27-18-16-25-37(44)49-29-20-14-12-10-8-6-4-2/h11-14,35,42H,3-10,15-34H2,1-2H3/b13-11-,14-12-. The van der Waals surface area contributed by atoms with Gasteiger partial charge in [0.25, 0.3) is 0 Å². The van der Waals surface area contributed by atoms with Crippen molar-refractivity contribution in [2.45, 2.75) is 155 Å². The molecule has 0 aromatic heterocycles. The van der Waals surface area contributed by atoms with Gasteiger partial charge in [-0.05, 0) is 83.0 Å². The van der Waals surface area contributed by atoms with Gasteiger partial charge >= 0.3 is 29.8 Å². The van der Waals surface area contributed by atoms with E-state index < -0.39 is 29.9 Å². The first kappa shape index (κ1) is 46.8. The third-order valence-electron chi connectivity index (χ3n) is 9.03. The Morgan fingerprint density at radius 2 is 0.923 bits per heavy atom. The van der Waals surface area contributed by atoms with Gasteiger partial charge in [0.15, 0.2) is 0 Å². The fourth-order valence-corrected chi connectivity index (χ4v) is 5.30. The molecule has 0 unspecified atom stereocenters.